The van der Waals surface area contributed by atoms with Gasteiger partial charge in [0, 0.05) is 0 Å². The third-order valence-corrected chi connectivity index (χ3v) is 2.62. The van der Waals surface area contributed by atoms with Crippen molar-refractivity contribution < 1.29 is 9.47 Å². The summed E-state index contributed by atoms with van der Waals surface area (Å²) in [5, 5.41) is 0.661. The summed E-state index contributed by atoms with van der Waals surface area (Å²) in [4.78, 5) is 0. The molecule has 76 valence electrons. The third kappa shape index (κ3) is 1.65. The number of halogens is 1. The molecule has 1 heterocycles. The van der Waals surface area contributed by atoms with Crippen LogP contribution in [0.2, 0.25) is 5.02 Å². The lowest BCUT2D eigenvalue weighted by Crippen LogP contribution is -2.00. The van der Waals surface area contributed by atoms with E-state index in [4.69, 9.17) is 26.8 Å². The smallest absolute Gasteiger partial charge is 0.231 e. The van der Waals surface area contributed by atoms with E-state index >= 15 is 0 Å². The van der Waals surface area contributed by atoms with Gasteiger partial charge < -0.3 is 15.2 Å². The number of hydrogen-bond donors (Lipinski definition) is 1. The predicted molar refractivity (Wildman–Crippen MR) is 55.0 cm³/mol. The van der Waals surface area contributed by atoms with Crippen LogP contribution in [0.25, 0.3) is 0 Å². The monoisotopic (exact) mass is 213 g/mol. The lowest BCUT2D eigenvalue weighted by molar-refractivity contribution is 0.174. The average molecular weight is 214 g/mol. The first-order chi connectivity index (χ1) is 6.83. The lowest BCUT2D eigenvalue weighted by atomic mass is 10.1. The van der Waals surface area contributed by atoms with Crippen LogP contribution in [-0.2, 0) is 6.42 Å². The summed E-state index contributed by atoms with van der Waals surface area (Å²) in [5.74, 6) is 1.40. The Bertz CT molecular complexity index is 341. The molecule has 4 heteroatoms. The molecule has 0 saturated carbocycles. The molecule has 0 bridgehead atoms. The maximum Gasteiger partial charge on any atom is 0.231 e. The van der Waals surface area contributed by atoms with Crippen molar-refractivity contribution in [3.63, 3.8) is 0 Å². The highest BCUT2D eigenvalue weighted by molar-refractivity contribution is 6.33. The van der Waals surface area contributed by atoms with Gasteiger partial charge >= 0.3 is 0 Å². The number of nitrogens with two attached hydrogens (primary N) is 1. The molecular weight excluding hydrogens is 202 g/mol. The van der Waals surface area contributed by atoms with E-state index in [1.807, 2.05) is 12.1 Å². The Labute approximate surface area is 87.8 Å². The molecule has 3 nitrogen and oxygen atoms in total. The summed E-state index contributed by atoms with van der Waals surface area (Å²) in [7, 11) is 0. The highest BCUT2D eigenvalue weighted by atomic mass is 35.5. The van der Waals surface area contributed by atoms with Crippen molar-refractivity contribution in [3.05, 3.63) is 22.7 Å². The van der Waals surface area contributed by atoms with Crippen LogP contribution in [0.3, 0.4) is 0 Å². The van der Waals surface area contributed by atoms with E-state index < -0.39 is 0 Å². The predicted octanol–water partition coefficient (Wildman–Crippen LogP) is 1.96. The first-order valence-electron chi connectivity index (χ1n) is 4.60. The van der Waals surface area contributed by atoms with Crippen molar-refractivity contribution in [3.8, 4) is 11.5 Å². The number of fused-ring (bicyclic) bond motifs is 1. The summed E-state index contributed by atoms with van der Waals surface area (Å²) >= 11 is 6.14. The van der Waals surface area contributed by atoms with Gasteiger partial charge in [0.1, 0.15) is 0 Å². The van der Waals surface area contributed by atoms with Gasteiger partial charge in [0.2, 0.25) is 6.79 Å². The Hall–Kier alpha value is -0.930. The molecule has 0 unspecified atom stereocenters. The standard InChI is InChI=1S/C10H12ClNO2/c11-9-7(2-1-5-12)3-4-8-10(9)14-6-13-8/h3-4H,1-2,5-6,12H2. The van der Waals surface area contributed by atoms with E-state index in [2.05, 4.69) is 0 Å². The summed E-state index contributed by atoms with van der Waals surface area (Å²) < 4.78 is 10.5. The Morgan fingerprint density at radius 1 is 1.36 bits per heavy atom. The molecule has 0 saturated heterocycles. The van der Waals surface area contributed by atoms with Crippen LogP contribution in [0, 0.1) is 0 Å². The molecule has 0 spiro atoms. The fourth-order valence-electron chi connectivity index (χ4n) is 1.46. The molecule has 2 N–H and O–H groups in total. The van der Waals surface area contributed by atoms with Gasteiger partial charge in [-0.3, -0.25) is 0 Å². The Kier molecular flexibility index (Phi) is 2.79. The Balaban J connectivity index is 2.26. The van der Waals surface area contributed by atoms with Crippen molar-refractivity contribution in [2.24, 2.45) is 5.73 Å². The van der Waals surface area contributed by atoms with E-state index in [0.29, 0.717) is 17.3 Å². The second kappa shape index (κ2) is 4.07. The molecule has 0 aromatic heterocycles. The largest absolute Gasteiger partial charge is 0.454 e. The van der Waals surface area contributed by atoms with E-state index in [1.165, 1.54) is 0 Å². The zero-order valence-corrected chi connectivity index (χ0v) is 8.51. The minimum atomic E-state index is 0.259. The van der Waals surface area contributed by atoms with Gasteiger partial charge in [-0.1, -0.05) is 17.7 Å². The van der Waals surface area contributed by atoms with Crippen LogP contribution in [0.5, 0.6) is 11.5 Å². The molecule has 2 rings (SSSR count). The van der Waals surface area contributed by atoms with Crippen LogP contribution in [0.1, 0.15) is 12.0 Å². The highest BCUT2D eigenvalue weighted by Crippen LogP contribution is 2.40. The van der Waals surface area contributed by atoms with Gasteiger partial charge in [-0.25, -0.2) is 0 Å². The van der Waals surface area contributed by atoms with Gasteiger partial charge in [0.05, 0.1) is 5.02 Å². The minimum absolute atomic E-state index is 0.259. The fourth-order valence-corrected chi connectivity index (χ4v) is 1.77. The Morgan fingerprint density at radius 2 is 2.21 bits per heavy atom. The van der Waals surface area contributed by atoms with Crippen LogP contribution < -0.4 is 15.2 Å². The van der Waals surface area contributed by atoms with Crippen LogP contribution in [-0.4, -0.2) is 13.3 Å². The van der Waals surface area contributed by atoms with Crippen LogP contribution in [0.4, 0.5) is 0 Å². The maximum atomic E-state index is 6.14. The molecule has 1 aromatic carbocycles. The summed E-state index contributed by atoms with van der Waals surface area (Å²) in [6, 6.07) is 3.85. The first-order valence-corrected chi connectivity index (χ1v) is 4.98. The van der Waals surface area contributed by atoms with E-state index in [1.54, 1.807) is 0 Å². The van der Waals surface area contributed by atoms with Gasteiger partial charge in [-0.15, -0.1) is 0 Å². The number of ether oxygens (including phenoxy) is 2. The van der Waals surface area contributed by atoms with Crippen LogP contribution >= 0.6 is 11.6 Å². The molecule has 0 aliphatic carbocycles. The van der Waals surface area contributed by atoms with Crippen molar-refractivity contribution in [1.29, 1.82) is 0 Å². The van der Waals surface area contributed by atoms with Gasteiger partial charge in [0.15, 0.2) is 11.5 Å². The van der Waals surface area contributed by atoms with E-state index in [-0.39, 0.29) is 6.79 Å². The van der Waals surface area contributed by atoms with Crippen molar-refractivity contribution in [2.45, 2.75) is 12.8 Å². The third-order valence-electron chi connectivity index (χ3n) is 2.21. The average Bonchev–Trinajstić information content (AvgIpc) is 2.66. The molecule has 14 heavy (non-hydrogen) atoms. The zero-order chi connectivity index (χ0) is 9.97. The number of hydrogen-bond acceptors (Lipinski definition) is 3. The molecule has 1 aromatic rings. The maximum absolute atomic E-state index is 6.14. The fraction of sp³-hybridized carbons (Fsp3) is 0.400. The van der Waals surface area contributed by atoms with Crippen molar-refractivity contribution >= 4 is 11.6 Å². The van der Waals surface area contributed by atoms with Crippen LogP contribution in [0.15, 0.2) is 12.1 Å². The number of benzene rings is 1. The van der Waals surface area contributed by atoms with Crippen molar-refractivity contribution in [2.75, 3.05) is 13.3 Å². The normalized spacial score (nSPS) is 13.3. The molecule has 0 amide bonds. The van der Waals surface area contributed by atoms with Gasteiger partial charge in [0.25, 0.3) is 0 Å². The molecule has 0 fully saturated rings. The lowest BCUT2D eigenvalue weighted by Gasteiger charge is -2.05. The Morgan fingerprint density at radius 3 is 3.00 bits per heavy atom. The highest BCUT2D eigenvalue weighted by Gasteiger charge is 2.18. The molecule has 0 radical (unpaired) electrons. The van der Waals surface area contributed by atoms with Gasteiger partial charge in [-0.2, -0.15) is 0 Å². The molecule has 1 aliphatic rings. The second-order valence-corrected chi connectivity index (χ2v) is 3.54. The van der Waals surface area contributed by atoms with E-state index in [9.17, 15) is 0 Å². The summed E-state index contributed by atoms with van der Waals surface area (Å²) in [6.45, 7) is 0.931. The molecular formula is C10H12ClNO2. The SMILES string of the molecule is NCCCc1ccc2c(c1Cl)OCO2. The van der Waals surface area contributed by atoms with Crippen molar-refractivity contribution in [1.82, 2.24) is 0 Å². The zero-order valence-electron chi connectivity index (χ0n) is 7.75. The molecule has 0 atom stereocenters. The number of rotatable bonds is 3. The topological polar surface area (TPSA) is 44.5 Å². The quantitative estimate of drug-likeness (QED) is 0.835. The van der Waals surface area contributed by atoms with Gasteiger partial charge in [-0.05, 0) is 31.0 Å². The summed E-state index contributed by atoms with van der Waals surface area (Å²) in [5.41, 5.74) is 6.51. The first kappa shape index (κ1) is 9.62. The molecule has 1 aliphatic heterocycles. The number of aryl methyl sites for hydroxylation is 1. The second-order valence-electron chi connectivity index (χ2n) is 3.16. The summed E-state index contributed by atoms with van der Waals surface area (Å²) in [6.07, 6.45) is 1.81. The van der Waals surface area contributed by atoms with E-state index in [0.717, 1.165) is 24.2 Å². The minimum Gasteiger partial charge on any atom is -0.454 e.